The molecule has 2 heterocycles. The fourth-order valence-corrected chi connectivity index (χ4v) is 4.37. The molecule has 1 aromatic carbocycles. The van der Waals surface area contributed by atoms with Crippen LogP contribution in [0.25, 0.3) is 16.8 Å². The first-order valence-electron chi connectivity index (χ1n) is 12.3. The van der Waals surface area contributed by atoms with Crippen LogP contribution in [0.15, 0.2) is 36.0 Å². The number of methoxy groups -OCH3 is 1. The van der Waals surface area contributed by atoms with Crippen LogP contribution >= 0.6 is 0 Å². The Balaban J connectivity index is 1.54. The van der Waals surface area contributed by atoms with Crippen LogP contribution in [0.5, 0.6) is 0 Å². The molecule has 0 spiro atoms. The zero-order chi connectivity index (χ0) is 26.3. The van der Waals surface area contributed by atoms with Crippen molar-refractivity contribution >= 4 is 30.2 Å². The van der Waals surface area contributed by atoms with Gasteiger partial charge in [-0.2, -0.15) is 0 Å². The van der Waals surface area contributed by atoms with Crippen molar-refractivity contribution in [2.75, 3.05) is 7.11 Å². The van der Waals surface area contributed by atoms with E-state index in [-0.39, 0.29) is 11.9 Å². The first kappa shape index (κ1) is 26.0. The van der Waals surface area contributed by atoms with Gasteiger partial charge in [-0.05, 0) is 71.8 Å². The summed E-state index contributed by atoms with van der Waals surface area (Å²) in [5.74, 6) is 0.426. The number of rotatable bonds is 5. The summed E-state index contributed by atoms with van der Waals surface area (Å²) in [6, 6.07) is 7.78. The zero-order valence-corrected chi connectivity index (χ0v) is 22.1. The molecule has 0 atom stereocenters. The number of nitrogens with zero attached hydrogens (tertiary/aromatic N) is 2. The van der Waals surface area contributed by atoms with Crippen molar-refractivity contribution in [1.29, 1.82) is 0 Å². The molecule has 0 saturated carbocycles. The highest BCUT2D eigenvalue weighted by Crippen LogP contribution is 2.37. The molecule has 1 fully saturated rings. The highest BCUT2D eigenvalue weighted by Gasteiger charge is 2.51. The summed E-state index contributed by atoms with van der Waals surface area (Å²) in [7, 11) is 0.853. The van der Waals surface area contributed by atoms with Crippen LogP contribution < -0.4 is 10.9 Å². The van der Waals surface area contributed by atoms with Crippen molar-refractivity contribution in [3.8, 4) is 11.3 Å². The summed E-state index contributed by atoms with van der Waals surface area (Å²) in [6.45, 7) is 11.8. The van der Waals surface area contributed by atoms with Gasteiger partial charge in [-0.1, -0.05) is 24.3 Å². The standard InChI is InChI=1S/C26H35BN4O5/c1-16(2)31(30-24(33)34-7)23(32)20-10-8-9-19(20)22-28-15-21(29-22)17-11-13-18(14-12-17)27-35-25(3,4)26(5,6)36-27/h11-16H,8-10H2,1-7H3,(H,28,29)(H,30,33). The second-order valence-electron chi connectivity index (χ2n) is 10.5. The van der Waals surface area contributed by atoms with Crippen LogP contribution in [0.2, 0.25) is 0 Å². The van der Waals surface area contributed by atoms with E-state index in [9.17, 15) is 9.59 Å². The van der Waals surface area contributed by atoms with Gasteiger partial charge in [-0.15, -0.1) is 0 Å². The molecule has 2 aromatic rings. The topological polar surface area (TPSA) is 106 Å². The molecule has 4 rings (SSSR count). The van der Waals surface area contributed by atoms with E-state index in [0.29, 0.717) is 17.8 Å². The molecule has 0 unspecified atom stereocenters. The Morgan fingerprint density at radius 1 is 1.11 bits per heavy atom. The number of allylic oxidation sites excluding steroid dienone is 1. The lowest BCUT2D eigenvalue weighted by molar-refractivity contribution is -0.131. The lowest BCUT2D eigenvalue weighted by atomic mass is 9.79. The van der Waals surface area contributed by atoms with Crippen LogP contribution in [-0.2, 0) is 18.8 Å². The van der Waals surface area contributed by atoms with E-state index in [1.54, 1.807) is 6.20 Å². The number of benzene rings is 1. The van der Waals surface area contributed by atoms with Gasteiger partial charge in [-0.25, -0.2) is 20.2 Å². The molecule has 192 valence electrons. The molecular formula is C26H35BN4O5. The maximum absolute atomic E-state index is 13.3. The van der Waals surface area contributed by atoms with Crippen LogP contribution in [0, 0.1) is 0 Å². The van der Waals surface area contributed by atoms with Gasteiger partial charge in [0.15, 0.2) is 0 Å². The average Bonchev–Trinajstić information content (AvgIpc) is 3.54. The zero-order valence-electron chi connectivity index (χ0n) is 22.1. The van der Waals surface area contributed by atoms with E-state index >= 15 is 0 Å². The summed E-state index contributed by atoms with van der Waals surface area (Å²) < 4.78 is 17.0. The highest BCUT2D eigenvalue weighted by molar-refractivity contribution is 6.62. The van der Waals surface area contributed by atoms with Gasteiger partial charge in [-0.3, -0.25) is 4.79 Å². The summed E-state index contributed by atoms with van der Waals surface area (Å²) in [6.07, 6.45) is 3.30. The molecule has 10 heteroatoms. The Labute approximate surface area is 212 Å². The van der Waals surface area contributed by atoms with Gasteiger partial charge < -0.3 is 19.0 Å². The van der Waals surface area contributed by atoms with E-state index in [4.69, 9.17) is 9.31 Å². The monoisotopic (exact) mass is 494 g/mol. The predicted molar refractivity (Wildman–Crippen MR) is 138 cm³/mol. The van der Waals surface area contributed by atoms with Crippen molar-refractivity contribution in [2.24, 2.45) is 0 Å². The number of hydrazine groups is 1. The molecule has 2 aliphatic rings. The maximum Gasteiger partial charge on any atom is 0.494 e. The highest BCUT2D eigenvalue weighted by atomic mass is 16.7. The van der Waals surface area contributed by atoms with Gasteiger partial charge in [0, 0.05) is 17.2 Å². The third kappa shape index (κ3) is 4.92. The number of amides is 2. The van der Waals surface area contributed by atoms with Crippen LogP contribution in [0.1, 0.15) is 66.6 Å². The molecule has 1 saturated heterocycles. The van der Waals surface area contributed by atoms with Gasteiger partial charge >= 0.3 is 13.2 Å². The number of hydrogen-bond acceptors (Lipinski definition) is 6. The number of aromatic amines is 1. The summed E-state index contributed by atoms with van der Waals surface area (Å²) >= 11 is 0. The summed E-state index contributed by atoms with van der Waals surface area (Å²) in [5.41, 5.74) is 6.03. The van der Waals surface area contributed by atoms with Crippen LogP contribution in [0.4, 0.5) is 4.79 Å². The molecule has 0 radical (unpaired) electrons. The molecular weight excluding hydrogens is 459 g/mol. The summed E-state index contributed by atoms with van der Waals surface area (Å²) in [5, 5.41) is 1.31. The molecule has 1 aliphatic carbocycles. The number of hydrogen-bond donors (Lipinski definition) is 2. The van der Waals surface area contributed by atoms with Crippen molar-refractivity contribution < 1.29 is 23.6 Å². The molecule has 1 aromatic heterocycles. The van der Waals surface area contributed by atoms with E-state index in [0.717, 1.165) is 35.1 Å². The third-order valence-electron chi connectivity index (χ3n) is 7.22. The minimum atomic E-state index is -0.679. The number of carbonyl (C=O) groups excluding carboxylic acids is 2. The SMILES string of the molecule is COC(=O)NN(C(=O)C1=C(c2ncc(-c3ccc(B4OC(C)(C)C(C)(C)O4)cc3)[nH]2)CCC1)C(C)C. The van der Waals surface area contributed by atoms with Gasteiger partial charge in [0.25, 0.3) is 5.91 Å². The first-order chi connectivity index (χ1) is 16.9. The smallest absolute Gasteiger partial charge is 0.452 e. The van der Waals surface area contributed by atoms with Crippen molar-refractivity contribution in [1.82, 2.24) is 20.4 Å². The quantitative estimate of drug-likeness (QED) is 0.484. The minimum absolute atomic E-state index is 0.236. The van der Waals surface area contributed by atoms with E-state index < -0.39 is 24.4 Å². The normalized spacial score (nSPS) is 18.6. The van der Waals surface area contributed by atoms with Crippen molar-refractivity contribution in [3.63, 3.8) is 0 Å². The van der Waals surface area contributed by atoms with Crippen molar-refractivity contribution in [3.05, 3.63) is 41.9 Å². The number of imidazole rings is 1. The fourth-order valence-electron chi connectivity index (χ4n) is 4.37. The Morgan fingerprint density at radius 3 is 2.33 bits per heavy atom. The molecule has 0 bridgehead atoms. The van der Waals surface area contributed by atoms with Crippen molar-refractivity contribution in [2.45, 2.75) is 78.0 Å². The van der Waals surface area contributed by atoms with Gasteiger partial charge in [0.1, 0.15) is 5.82 Å². The first-order valence-corrected chi connectivity index (χ1v) is 12.3. The fraction of sp³-hybridized carbons (Fsp3) is 0.500. The number of carbonyl (C=O) groups is 2. The van der Waals surface area contributed by atoms with E-state index in [1.165, 1.54) is 12.1 Å². The lowest BCUT2D eigenvalue weighted by Gasteiger charge is -2.32. The Bertz CT molecular complexity index is 1150. The number of aromatic nitrogens is 2. The lowest BCUT2D eigenvalue weighted by Crippen LogP contribution is -2.50. The van der Waals surface area contributed by atoms with E-state index in [1.807, 2.05) is 65.8 Å². The molecule has 2 amide bonds. The number of H-pyrrole nitrogens is 1. The van der Waals surface area contributed by atoms with Crippen LogP contribution in [0.3, 0.4) is 0 Å². The number of ether oxygens (including phenoxy) is 1. The molecule has 1 aliphatic heterocycles. The molecule has 36 heavy (non-hydrogen) atoms. The largest absolute Gasteiger partial charge is 0.494 e. The summed E-state index contributed by atoms with van der Waals surface area (Å²) in [4.78, 5) is 33.0. The van der Waals surface area contributed by atoms with E-state index in [2.05, 4.69) is 20.1 Å². The Morgan fingerprint density at radius 2 is 1.75 bits per heavy atom. The Kier molecular flexibility index (Phi) is 7.03. The predicted octanol–water partition coefficient (Wildman–Crippen LogP) is 3.82. The van der Waals surface area contributed by atoms with Crippen LogP contribution in [-0.4, -0.2) is 58.4 Å². The molecule has 2 N–H and O–H groups in total. The molecule has 9 nitrogen and oxygen atoms in total. The second-order valence-corrected chi connectivity index (χ2v) is 10.5. The number of nitrogens with one attached hydrogen (secondary N) is 2. The maximum atomic E-state index is 13.3. The van der Waals surface area contributed by atoms with Gasteiger partial charge in [0.05, 0.1) is 30.2 Å². The second kappa shape index (κ2) is 9.74. The van der Waals surface area contributed by atoms with Gasteiger partial charge in [0.2, 0.25) is 0 Å². The minimum Gasteiger partial charge on any atom is -0.452 e. The third-order valence-corrected chi connectivity index (χ3v) is 7.22. The Hall–Kier alpha value is -3.11. The average molecular weight is 494 g/mol.